The molecule has 11 heteroatoms. The first-order valence-corrected chi connectivity index (χ1v) is 11.3. The summed E-state index contributed by atoms with van der Waals surface area (Å²) in [5.41, 5.74) is 2.73. The summed E-state index contributed by atoms with van der Waals surface area (Å²) in [6.07, 6.45) is 0.982. The molecule has 0 radical (unpaired) electrons. The molecule has 7 nitrogen and oxygen atoms in total. The van der Waals surface area contributed by atoms with Crippen molar-refractivity contribution in [1.82, 2.24) is 0 Å². The van der Waals surface area contributed by atoms with Crippen LogP contribution in [0.1, 0.15) is 11.1 Å². The van der Waals surface area contributed by atoms with E-state index < -0.39 is 20.8 Å². The van der Waals surface area contributed by atoms with Gasteiger partial charge < -0.3 is 9.11 Å². The molecule has 0 unspecified atom stereocenters. The molecule has 0 aromatic heterocycles. The molecule has 0 bridgehead atoms. The standard InChI is InChI=1S/C21H16.2Na.H2O7S2/c1-3-7-20-14-16(9-11-18(20)5-1)13-17-10-12-19-6-2-4-8-21(19)15-17;;;1-8(2,3)7-9(4,5)6/h1-12,14-15H,13H2;;;(H,1,2,3)(H,4,5,6)/q;2*+1;/p-2. The monoisotopic (exact) mass is 490 g/mol. The molecule has 4 aromatic rings. The molecular weight excluding hydrogens is 474 g/mol. The fourth-order valence-corrected chi connectivity index (χ4v) is 3.85. The number of rotatable bonds is 4. The fourth-order valence-electron chi connectivity index (χ4n) is 3.04. The van der Waals surface area contributed by atoms with Crippen LogP contribution in [0.2, 0.25) is 0 Å². The molecule has 4 rings (SSSR count). The second-order valence-corrected chi connectivity index (χ2v) is 8.60. The third kappa shape index (κ3) is 9.58. The van der Waals surface area contributed by atoms with Crippen molar-refractivity contribution in [3.05, 3.63) is 96.1 Å². The Kier molecular flexibility index (Phi) is 11.5. The average molecular weight is 490 g/mol. The van der Waals surface area contributed by atoms with Gasteiger partial charge in [0, 0.05) is 0 Å². The van der Waals surface area contributed by atoms with Crippen molar-refractivity contribution in [1.29, 1.82) is 0 Å². The van der Waals surface area contributed by atoms with Crippen molar-refractivity contribution >= 4 is 42.3 Å². The van der Waals surface area contributed by atoms with Gasteiger partial charge in [-0.1, -0.05) is 84.9 Å². The van der Waals surface area contributed by atoms with Gasteiger partial charge in [0.05, 0.1) is 0 Å². The Morgan fingerprint density at radius 3 is 1.22 bits per heavy atom. The minimum absolute atomic E-state index is 0. The molecule has 0 saturated heterocycles. The van der Waals surface area contributed by atoms with E-state index in [1.54, 1.807) is 0 Å². The van der Waals surface area contributed by atoms with E-state index in [1.807, 2.05) is 0 Å². The molecule has 0 atom stereocenters. The van der Waals surface area contributed by atoms with Crippen LogP contribution in [-0.4, -0.2) is 25.9 Å². The molecule has 156 valence electrons. The van der Waals surface area contributed by atoms with Crippen LogP contribution in [0, 0.1) is 0 Å². The van der Waals surface area contributed by atoms with Gasteiger partial charge >= 0.3 is 59.1 Å². The Labute approximate surface area is 231 Å². The topological polar surface area (TPSA) is 124 Å². The molecule has 4 aromatic carbocycles. The first-order chi connectivity index (χ1) is 14.1. The van der Waals surface area contributed by atoms with Crippen LogP contribution in [0.4, 0.5) is 0 Å². The van der Waals surface area contributed by atoms with Crippen molar-refractivity contribution in [2.75, 3.05) is 0 Å². The first kappa shape index (κ1) is 29.2. The second kappa shape index (κ2) is 12.6. The largest absolute Gasteiger partial charge is 1.00 e. The van der Waals surface area contributed by atoms with Gasteiger partial charge in [0.15, 0.2) is 0 Å². The zero-order valence-corrected chi connectivity index (χ0v) is 23.1. The van der Waals surface area contributed by atoms with Gasteiger partial charge in [0.25, 0.3) is 0 Å². The summed E-state index contributed by atoms with van der Waals surface area (Å²) < 4.78 is 58.2. The maximum absolute atomic E-state index is 9.29. The van der Waals surface area contributed by atoms with Crippen molar-refractivity contribution in [2.45, 2.75) is 6.42 Å². The molecule has 0 fully saturated rings. The van der Waals surface area contributed by atoms with Gasteiger partial charge in [-0.25, -0.2) is 16.8 Å². The Morgan fingerprint density at radius 1 is 0.562 bits per heavy atom. The van der Waals surface area contributed by atoms with Gasteiger partial charge in [-0.05, 0) is 39.1 Å². The first-order valence-electron chi connectivity index (χ1n) is 8.67. The van der Waals surface area contributed by atoms with Crippen LogP contribution < -0.4 is 59.1 Å². The van der Waals surface area contributed by atoms with Gasteiger partial charge in [-0.3, -0.25) is 0 Å². The summed E-state index contributed by atoms with van der Waals surface area (Å²) in [5.74, 6) is 0. The summed E-state index contributed by atoms with van der Waals surface area (Å²) in [6.45, 7) is 0. The smallest absolute Gasteiger partial charge is 0.725 e. The van der Waals surface area contributed by atoms with Crippen molar-refractivity contribution in [3.63, 3.8) is 0 Å². The van der Waals surface area contributed by atoms with Gasteiger partial charge in [-0.2, -0.15) is 3.63 Å². The number of hydrogen-bond donors (Lipinski definition) is 0. The predicted molar refractivity (Wildman–Crippen MR) is 111 cm³/mol. The van der Waals surface area contributed by atoms with Crippen LogP contribution in [0.25, 0.3) is 21.5 Å². The summed E-state index contributed by atoms with van der Waals surface area (Å²) >= 11 is 0. The SMILES string of the molecule is O=S(=O)([O-])OS(=O)(=O)[O-].[Na+].[Na+].c1ccc2cc(Cc3ccc4ccccc4c3)ccc2c1. The minimum Gasteiger partial charge on any atom is -0.725 e. The average Bonchev–Trinajstić information content (AvgIpc) is 2.65. The maximum Gasteiger partial charge on any atom is 1.00 e. The zero-order valence-electron chi connectivity index (χ0n) is 17.5. The minimum atomic E-state index is -5.43. The van der Waals surface area contributed by atoms with Gasteiger partial charge in [0.1, 0.15) is 0 Å². The van der Waals surface area contributed by atoms with Crippen molar-refractivity contribution < 1.29 is 88.7 Å². The molecule has 0 saturated carbocycles. The normalized spacial score (nSPS) is 11.1. The molecule has 0 aliphatic rings. The molecule has 32 heavy (non-hydrogen) atoms. The second-order valence-electron chi connectivity index (χ2n) is 6.42. The van der Waals surface area contributed by atoms with Crippen molar-refractivity contribution in [2.24, 2.45) is 0 Å². The fraction of sp³-hybridized carbons (Fsp3) is 0.0476. The molecular formula is C21H16Na2O7S2. The van der Waals surface area contributed by atoms with E-state index in [0.29, 0.717) is 0 Å². The molecule has 0 spiro atoms. The Morgan fingerprint density at radius 2 is 0.906 bits per heavy atom. The maximum atomic E-state index is 9.29. The van der Waals surface area contributed by atoms with Gasteiger partial charge in [-0.15, -0.1) is 0 Å². The quantitative estimate of drug-likeness (QED) is 0.176. The molecule has 0 aliphatic carbocycles. The Bertz CT molecular complexity index is 1300. The van der Waals surface area contributed by atoms with Crippen LogP contribution in [0.15, 0.2) is 84.9 Å². The summed E-state index contributed by atoms with van der Waals surface area (Å²) in [5, 5.41) is 5.24. The van der Waals surface area contributed by atoms with E-state index in [-0.39, 0.29) is 59.1 Å². The van der Waals surface area contributed by atoms with Crippen LogP contribution >= 0.6 is 0 Å². The van der Waals surface area contributed by atoms with Crippen LogP contribution in [0.3, 0.4) is 0 Å². The van der Waals surface area contributed by atoms with E-state index in [9.17, 15) is 25.9 Å². The third-order valence-corrected chi connectivity index (χ3v) is 5.54. The molecule has 0 amide bonds. The Balaban J connectivity index is 0.000000405. The Hall–Kier alpha value is -0.820. The zero-order chi connectivity index (χ0) is 21.8. The molecule has 0 heterocycles. The summed E-state index contributed by atoms with van der Waals surface area (Å²) in [7, 11) is -10.9. The van der Waals surface area contributed by atoms with Crippen LogP contribution in [-0.2, 0) is 30.8 Å². The van der Waals surface area contributed by atoms with Crippen molar-refractivity contribution in [3.8, 4) is 0 Å². The number of hydrogen-bond acceptors (Lipinski definition) is 7. The van der Waals surface area contributed by atoms with E-state index >= 15 is 0 Å². The number of benzene rings is 4. The van der Waals surface area contributed by atoms with Crippen LogP contribution in [0.5, 0.6) is 0 Å². The van der Waals surface area contributed by atoms with E-state index in [4.69, 9.17) is 0 Å². The number of fused-ring (bicyclic) bond motifs is 2. The third-order valence-electron chi connectivity index (χ3n) is 4.20. The summed E-state index contributed by atoms with van der Waals surface area (Å²) in [6, 6.07) is 30.5. The molecule has 0 N–H and O–H groups in total. The summed E-state index contributed by atoms with van der Waals surface area (Å²) in [4.78, 5) is 0. The van der Waals surface area contributed by atoms with E-state index in [1.165, 1.54) is 32.7 Å². The molecule has 0 aliphatic heterocycles. The van der Waals surface area contributed by atoms with E-state index in [0.717, 1.165) is 6.42 Å². The van der Waals surface area contributed by atoms with Gasteiger partial charge in [0.2, 0.25) is 20.8 Å². The van der Waals surface area contributed by atoms with E-state index in [2.05, 4.69) is 88.6 Å². The predicted octanol–water partition coefficient (Wildman–Crippen LogP) is -2.48.